The van der Waals surface area contributed by atoms with E-state index in [1.54, 1.807) is 0 Å². The number of carbonyl (C=O) groups is 1. The molecule has 0 atom stereocenters. The van der Waals surface area contributed by atoms with Crippen molar-refractivity contribution in [2.24, 2.45) is 0 Å². The van der Waals surface area contributed by atoms with E-state index in [1.165, 1.54) is 51.4 Å². The van der Waals surface area contributed by atoms with Crippen molar-refractivity contribution < 1.29 is 9.90 Å². The van der Waals surface area contributed by atoms with E-state index in [2.05, 4.69) is 11.8 Å². The van der Waals surface area contributed by atoms with Gasteiger partial charge in [0.05, 0.1) is 6.42 Å². The molecule has 0 aliphatic rings. The summed E-state index contributed by atoms with van der Waals surface area (Å²) in [7, 11) is 2.00. The Morgan fingerprint density at radius 2 is 1.44 bits per heavy atom. The van der Waals surface area contributed by atoms with Gasteiger partial charge in [0.25, 0.3) is 0 Å². The number of carboxylic acids is 1. The topological polar surface area (TPSA) is 40.5 Å². The van der Waals surface area contributed by atoms with Crippen LogP contribution in [0.15, 0.2) is 0 Å². The van der Waals surface area contributed by atoms with E-state index in [-0.39, 0.29) is 36.0 Å². The molecule has 0 amide bonds. The van der Waals surface area contributed by atoms with Gasteiger partial charge in [-0.2, -0.15) is 0 Å². The standard InChI is InChI=1S/C14H29NO2.Na/c1-3-4-5-6-7-8-9-10-12-15(2)13-11-14(16)17;/h3-13H2,1-2H3,(H,16,17);. The van der Waals surface area contributed by atoms with E-state index in [0.29, 0.717) is 6.54 Å². The largest absolute Gasteiger partial charge is 0.481 e. The van der Waals surface area contributed by atoms with Crippen LogP contribution in [0.5, 0.6) is 0 Å². The number of aliphatic carboxylic acids is 1. The Balaban J connectivity index is 0. The summed E-state index contributed by atoms with van der Waals surface area (Å²) in [6.45, 7) is 3.95. The van der Waals surface area contributed by atoms with Crippen molar-refractivity contribution in [3.05, 3.63) is 0 Å². The van der Waals surface area contributed by atoms with Gasteiger partial charge in [-0.25, -0.2) is 0 Å². The molecule has 4 heteroatoms. The zero-order chi connectivity index (χ0) is 12.9. The Kier molecular flexibility index (Phi) is 17.8. The van der Waals surface area contributed by atoms with Gasteiger partial charge in [-0.05, 0) is 20.0 Å². The molecule has 0 aromatic rings. The zero-order valence-electron chi connectivity index (χ0n) is 12.6. The molecule has 0 aromatic carbocycles. The van der Waals surface area contributed by atoms with Crippen LogP contribution >= 0.6 is 0 Å². The van der Waals surface area contributed by atoms with E-state index in [9.17, 15) is 4.79 Å². The molecule has 1 N–H and O–H groups in total. The second kappa shape index (κ2) is 15.5. The Morgan fingerprint density at radius 1 is 0.944 bits per heavy atom. The van der Waals surface area contributed by atoms with Gasteiger partial charge < -0.3 is 10.0 Å². The van der Waals surface area contributed by atoms with Crippen LogP contribution < -0.4 is 0 Å². The number of nitrogens with zero attached hydrogens (tertiary/aromatic N) is 1. The maximum Gasteiger partial charge on any atom is 0.304 e. The number of unbranched alkanes of at least 4 members (excludes halogenated alkanes) is 7. The first-order valence-electron chi connectivity index (χ1n) is 7.07. The van der Waals surface area contributed by atoms with E-state index >= 15 is 0 Å². The van der Waals surface area contributed by atoms with Crippen LogP contribution in [0, 0.1) is 0 Å². The summed E-state index contributed by atoms with van der Waals surface area (Å²) >= 11 is 0. The SMILES string of the molecule is CCCCCCCCCCN(C)CCC(=O)O.[Na]. The summed E-state index contributed by atoms with van der Waals surface area (Å²) < 4.78 is 0. The quantitative estimate of drug-likeness (QED) is 0.436. The number of hydrogen-bond acceptors (Lipinski definition) is 2. The maximum absolute atomic E-state index is 10.4. The van der Waals surface area contributed by atoms with Crippen LogP contribution in [0.2, 0.25) is 0 Å². The second-order valence-corrected chi connectivity index (χ2v) is 4.92. The molecular weight excluding hydrogens is 237 g/mol. The molecule has 0 aliphatic heterocycles. The van der Waals surface area contributed by atoms with Crippen LogP contribution in [0.1, 0.15) is 64.7 Å². The summed E-state index contributed by atoms with van der Waals surface area (Å²) in [6, 6.07) is 0. The van der Waals surface area contributed by atoms with E-state index in [1.807, 2.05) is 7.05 Å². The summed E-state index contributed by atoms with van der Waals surface area (Å²) in [5, 5.41) is 8.55. The van der Waals surface area contributed by atoms with Crippen molar-refractivity contribution in [1.29, 1.82) is 0 Å². The first kappa shape index (κ1) is 20.7. The normalized spacial score (nSPS) is 10.4. The number of hydrogen-bond donors (Lipinski definition) is 1. The van der Waals surface area contributed by atoms with Gasteiger partial charge in [-0.3, -0.25) is 4.79 Å². The van der Waals surface area contributed by atoms with Crippen LogP contribution in [-0.4, -0.2) is 65.7 Å². The average molecular weight is 266 g/mol. The van der Waals surface area contributed by atoms with Gasteiger partial charge in [0.1, 0.15) is 0 Å². The molecule has 0 aliphatic carbocycles. The third-order valence-corrected chi connectivity index (χ3v) is 3.10. The van der Waals surface area contributed by atoms with Gasteiger partial charge in [0.2, 0.25) is 0 Å². The van der Waals surface area contributed by atoms with Gasteiger partial charge in [0, 0.05) is 36.1 Å². The van der Waals surface area contributed by atoms with Gasteiger partial charge in [0.15, 0.2) is 0 Å². The van der Waals surface area contributed by atoms with Gasteiger partial charge >= 0.3 is 5.97 Å². The van der Waals surface area contributed by atoms with Gasteiger partial charge in [-0.1, -0.05) is 51.9 Å². The molecule has 103 valence electrons. The van der Waals surface area contributed by atoms with E-state index < -0.39 is 5.97 Å². The van der Waals surface area contributed by atoms with E-state index in [0.717, 1.165) is 6.54 Å². The monoisotopic (exact) mass is 266 g/mol. The molecule has 0 bridgehead atoms. The first-order chi connectivity index (χ1) is 8.16. The fraction of sp³-hybridized carbons (Fsp3) is 0.929. The van der Waals surface area contributed by atoms with Crippen molar-refractivity contribution in [3.63, 3.8) is 0 Å². The fourth-order valence-corrected chi connectivity index (χ4v) is 1.91. The van der Waals surface area contributed by atoms with Crippen LogP contribution in [-0.2, 0) is 4.79 Å². The van der Waals surface area contributed by atoms with Gasteiger partial charge in [-0.15, -0.1) is 0 Å². The van der Waals surface area contributed by atoms with Crippen LogP contribution in [0.25, 0.3) is 0 Å². The second-order valence-electron chi connectivity index (χ2n) is 4.92. The molecule has 0 fully saturated rings. The third kappa shape index (κ3) is 16.4. The fourth-order valence-electron chi connectivity index (χ4n) is 1.91. The minimum Gasteiger partial charge on any atom is -0.481 e. The minimum absolute atomic E-state index is 0. The van der Waals surface area contributed by atoms with Crippen LogP contribution in [0.3, 0.4) is 0 Å². The van der Waals surface area contributed by atoms with Crippen molar-refractivity contribution in [3.8, 4) is 0 Å². The third-order valence-electron chi connectivity index (χ3n) is 3.10. The molecule has 0 unspecified atom stereocenters. The Hall–Kier alpha value is 0.430. The Morgan fingerprint density at radius 3 is 1.94 bits per heavy atom. The summed E-state index contributed by atoms with van der Waals surface area (Å²) in [6.07, 6.45) is 10.9. The smallest absolute Gasteiger partial charge is 0.304 e. The molecule has 0 rings (SSSR count). The summed E-state index contributed by atoms with van der Waals surface area (Å²) in [5.74, 6) is -0.701. The number of rotatable bonds is 12. The molecule has 0 saturated carbocycles. The summed E-state index contributed by atoms with van der Waals surface area (Å²) in [5.41, 5.74) is 0. The predicted molar refractivity (Wildman–Crippen MR) is 78.1 cm³/mol. The maximum atomic E-state index is 10.4. The Bertz CT molecular complexity index is 189. The molecule has 0 saturated heterocycles. The molecule has 18 heavy (non-hydrogen) atoms. The van der Waals surface area contributed by atoms with Crippen molar-refractivity contribution >= 4 is 35.5 Å². The first-order valence-corrected chi connectivity index (χ1v) is 7.07. The minimum atomic E-state index is -0.701. The molecular formula is C14H29NNaO2. The molecule has 0 spiro atoms. The Labute approximate surface area is 135 Å². The van der Waals surface area contributed by atoms with E-state index in [4.69, 9.17) is 5.11 Å². The molecule has 0 heterocycles. The van der Waals surface area contributed by atoms with Crippen molar-refractivity contribution in [2.45, 2.75) is 64.7 Å². The van der Waals surface area contributed by atoms with Crippen molar-refractivity contribution in [1.82, 2.24) is 4.90 Å². The predicted octanol–water partition coefficient (Wildman–Crippen LogP) is 3.15. The summed E-state index contributed by atoms with van der Waals surface area (Å²) in [4.78, 5) is 12.5. The average Bonchev–Trinajstić information content (AvgIpc) is 2.30. The zero-order valence-corrected chi connectivity index (χ0v) is 14.6. The number of carboxylic acid groups (broad SMARTS) is 1. The molecule has 1 radical (unpaired) electrons. The molecule has 0 aromatic heterocycles. The molecule has 3 nitrogen and oxygen atoms in total. The van der Waals surface area contributed by atoms with Crippen molar-refractivity contribution in [2.75, 3.05) is 20.1 Å². The van der Waals surface area contributed by atoms with Crippen LogP contribution in [0.4, 0.5) is 0 Å².